The first-order valence-electron chi connectivity index (χ1n) is 12.2. The van der Waals surface area contributed by atoms with E-state index < -0.39 is 51.2 Å². The molecule has 0 saturated carbocycles. The maximum atomic E-state index is 14.5. The molecule has 2 heterocycles. The van der Waals surface area contributed by atoms with Crippen LogP contribution in [0.1, 0.15) is 55.8 Å². The second-order valence-corrected chi connectivity index (χ2v) is 11.5. The van der Waals surface area contributed by atoms with Gasteiger partial charge in [0.05, 0.1) is 5.69 Å². The zero-order chi connectivity index (χ0) is 29.2. The minimum absolute atomic E-state index is 0.0902. The largest absolute Gasteiger partial charge is 0.433 e. The van der Waals surface area contributed by atoms with Crippen LogP contribution in [0, 0.1) is 11.7 Å². The second kappa shape index (κ2) is 11.7. The molecule has 0 radical (unpaired) electrons. The van der Waals surface area contributed by atoms with Crippen molar-refractivity contribution in [1.82, 2.24) is 4.98 Å². The third-order valence-electron chi connectivity index (χ3n) is 6.57. The number of halogens is 7. The smallest absolute Gasteiger partial charge is 0.356 e. The summed E-state index contributed by atoms with van der Waals surface area (Å²) in [4.78, 5) is 18.5. The lowest BCUT2D eigenvalue weighted by Crippen LogP contribution is -2.34. The van der Waals surface area contributed by atoms with E-state index in [9.17, 15) is 43.9 Å². The SMILES string of the molecule is CC1CCN(c2nc(C(F)(F)F)ccc2CCC(=O)C(C)c2ccc(NS(=O)(=O)CC(F)(F)F)c(F)c2)CC1. The number of sulfonamides is 1. The number of carbonyl (C=O) groups excluding carboxylic acids is 1. The van der Waals surface area contributed by atoms with Crippen LogP contribution in [0.3, 0.4) is 0 Å². The molecule has 1 atom stereocenters. The lowest BCUT2D eigenvalue weighted by atomic mass is 9.92. The summed E-state index contributed by atoms with van der Waals surface area (Å²) in [5.74, 6) is -3.97. The molecule has 216 valence electrons. The third kappa shape index (κ3) is 8.54. The molecule has 0 spiro atoms. The summed E-state index contributed by atoms with van der Waals surface area (Å²) in [6, 6.07) is 5.18. The van der Waals surface area contributed by atoms with Crippen molar-refractivity contribution in [2.24, 2.45) is 5.92 Å². The molecule has 0 aliphatic carbocycles. The number of ketones is 1. The van der Waals surface area contributed by atoms with Gasteiger partial charge in [-0.15, -0.1) is 0 Å². The molecule has 0 bridgehead atoms. The normalized spacial score (nSPS) is 16.3. The van der Waals surface area contributed by atoms with E-state index >= 15 is 0 Å². The Bertz CT molecular complexity index is 1290. The van der Waals surface area contributed by atoms with Crippen molar-refractivity contribution in [3.05, 3.63) is 53.0 Å². The highest BCUT2D eigenvalue weighted by molar-refractivity contribution is 7.92. The fourth-order valence-corrected chi connectivity index (χ4v) is 5.29. The van der Waals surface area contributed by atoms with Crippen LogP contribution in [-0.2, 0) is 27.4 Å². The molecule has 1 saturated heterocycles. The molecule has 14 heteroatoms. The van der Waals surface area contributed by atoms with Crippen molar-refractivity contribution >= 4 is 27.3 Å². The van der Waals surface area contributed by atoms with E-state index in [-0.39, 0.29) is 30.0 Å². The van der Waals surface area contributed by atoms with Gasteiger partial charge in [0.1, 0.15) is 23.1 Å². The van der Waals surface area contributed by atoms with E-state index in [1.807, 2.05) is 0 Å². The number of aryl methyl sites for hydroxylation is 1. The summed E-state index contributed by atoms with van der Waals surface area (Å²) in [5, 5.41) is 0. The number of Topliss-reactive ketones (excluding diaryl/α,β-unsaturated/α-hetero) is 1. The predicted octanol–water partition coefficient (Wildman–Crippen LogP) is 6.09. The van der Waals surface area contributed by atoms with Gasteiger partial charge in [-0.2, -0.15) is 26.3 Å². The molecule has 3 rings (SSSR count). The van der Waals surface area contributed by atoms with Gasteiger partial charge in [0.2, 0.25) is 10.0 Å². The van der Waals surface area contributed by atoms with Crippen LogP contribution in [0.5, 0.6) is 0 Å². The van der Waals surface area contributed by atoms with Crippen LogP contribution in [0.25, 0.3) is 0 Å². The van der Waals surface area contributed by atoms with Gasteiger partial charge in [0, 0.05) is 25.4 Å². The number of rotatable bonds is 9. The minimum atomic E-state index is -5.02. The van der Waals surface area contributed by atoms with E-state index in [4.69, 9.17) is 0 Å². The summed E-state index contributed by atoms with van der Waals surface area (Å²) in [6.45, 7) is 4.60. The topological polar surface area (TPSA) is 79.4 Å². The lowest BCUT2D eigenvalue weighted by Gasteiger charge is -2.33. The molecule has 1 aliphatic rings. The van der Waals surface area contributed by atoms with Gasteiger partial charge in [-0.1, -0.05) is 26.0 Å². The van der Waals surface area contributed by atoms with Gasteiger partial charge in [0.25, 0.3) is 0 Å². The van der Waals surface area contributed by atoms with Crippen molar-refractivity contribution in [3.63, 3.8) is 0 Å². The molecular weight excluding hydrogens is 555 g/mol. The van der Waals surface area contributed by atoms with Gasteiger partial charge in [-0.3, -0.25) is 9.52 Å². The Kier molecular flexibility index (Phi) is 9.18. The van der Waals surface area contributed by atoms with E-state index in [0.29, 0.717) is 24.6 Å². The number of hydrogen-bond donors (Lipinski definition) is 1. The molecule has 2 aromatic rings. The van der Waals surface area contributed by atoms with Gasteiger partial charge < -0.3 is 4.90 Å². The number of anilines is 2. The molecule has 6 nitrogen and oxygen atoms in total. The molecule has 39 heavy (non-hydrogen) atoms. The maximum Gasteiger partial charge on any atom is 0.433 e. The summed E-state index contributed by atoms with van der Waals surface area (Å²) < 4.78 is 116. The number of alkyl halides is 6. The van der Waals surface area contributed by atoms with Gasteiger partial charge >= 0.3 is 12.4 Å². The lowest BCUT2D eigenvalue weighted by molar-refractivity contribution is -0.141. The standard InChI is InChI=1S/C25H28F7N3O3S/c1-15-9-11-35(12-10-15)23-17(5-8-22(33-23)25(30,31)32)4-7-21(36)16(2)18-3-6-20(19(26)13-18)34-39(37,38)14-24(27,28)29/h3,5-6,8,13,15-16,34H,4,7,9-12,14H2,1-2H3. The third-order valence-corrected chi connectivity index (χ3v) is 7.80. The minimum Gasteiger partial charge on any atom is -0.356 e. The molecule has 1 unspecified atom stereocenters. The number of pyridine rings is 1. The van der Waals surface area contributed by atoms with Crippen LogP contribution < -0.4 is 9.62 Å². The van der Waals surface area contributed by atoms with Crippen molar-refractivity contribution < 1.29 is 43.9 Å². The van der Waals surface area contributed by atoms with Crippen LogP contribution in [0.15, 0.2) is 30.3 Å². The fourth-order valence-electron chi connectivity index (χ4n) is 4.29. The van der Waals surface area contributed by atoms with E-state index in [1.54, 1.807) is 9.62 Å². The zero-order valence-corrected chi connectivity index (χ0v) is 22.0. The Morgan fingerprint density at radius 3 is 2.31 bits per heavy atom. The highest BCUT2D eigenvalue weighted by Crippen LogP contribution is 2.33. The average Bonchev–Trinajstić information content (AvgIpc) is 2.81. The molecular formula is C25H28F7N3O3S. The van der Waals surface area contributed by atoms with E-state index in [2.05, 4.69) is 11.9 Å². The summed E-state index contributed by atoms with van der Waals surface area (Å²) in [5.41, 5.74) is -1.09. The Morgan fingerprint density at radius 1 is 1.10 bits per heavy atom. The van der Waals surface area contributed by atoms with Crippen LogP contribution in [0.2, 0.25) is 0 Å². The van der Waals surface area contributed by atoms with Gasteiger partial charge in [-0.25, -0.2) is 17.8 Å². The number of nitrogens with one attached hydrogen (secondary N) is 1. The van der Waals surface area contributed by atoms with Crippen molar-refractivity contribution in [3.8, 4) is 0 Å². The van der Waals surface area contributed by atoms with Crippen LogP contribution in [0.4, 0.5) is 42.2 Å². The summed E-state index contributed by atoms with van der Waals surface area (Å²) in [6.07, 6.45) is -8.06. The fraction of sp³-hybridized carbons (Fsp3) is 0.520. The number of aromatic nitrogens is 1. The summed E-state index contributed by atoms with van der Waals surface area (Å²) >= 11 is 0. The molecule has 1 N–H and O–H groups in total. The first-order chi connectivity index (χ1) is 17.9. The summed E-state index contributed by atoms with van der Waals surface area (Å²) in [7, 11) is -4.89. The first-order valence-corrected chi connectivity index (χ1v) is 13.8. The Hall–Kier alpha value is -2.90. The van der Waals surface area contributed by atoms with Crippen LogP contribution in [-0.4, -0.2) is 44.2 Å². The predicted molar refractivity (Wildman–Crippen MR) is 131 cm³/mol. The Morgan fingerprint density at radius 2 is 1.74 bits per heavy atom. The number of benzene rings is 1. The van der Waals surface area contributed by atoms with E-state index in [0.717, 1.165) is 31.0 Å². The molecule has 0 amide bonds. The van der Waals surface area contributed by atoms with Crippen LogP contribution >= 0.6 is 0 Å². The number of hydrogen-bond acceptors (Lipinski definition) is 5. The monoisotopic (exact) mass is 583 g/mol. The maximum absolute atomic E-state index is 14.5. The van der Waals surface area contributed by atoms with Gasteiger partial charge in [0.15, 0.2) is 5.75 Å². The Balaban J connectivity index is 1.73. The second-order valence-electron chi connectivity index (χ2n) is 9.75. The van der Waals surface area contributed by atoms with E-state index in [1.165, 1.54) is 19.1 Å². The highest BCUT2D eigenvalue weighted by Gasteiger charge is 2.36. The Labute approximate surface area is 221 Å². The molecule has 1 aromatic carbocycles. The molecule has 1 fully saturated rings. The number of carbonyl (C=O) groups is 1. The van der Waals surface area contributed by atoms with Gasteiger partial charge in [-0.05, 0) is 54.5 Å². The first kappa shape index (κ1) is 30.6. The number of piperidine rings is 1. The zero-order valence-electron chi connectivity index (χ0n) is 21.2. The molecule has 1 aliphatic heterocycles. The number of nitrogens with zero attached hydrogens (tertiary/aromatic N) is 2. The average molecular weight is 584 g/mol. The van der Waals surface area contributed by atoms with Crippen molar-refractivity contribution in [2.75, 3.05) is 28.5 Å². The highest BCUT2D eigenvalue weighted by atomic mass is 32.2. The quantitative estimate of drug-likeness (QED) is 0.362. The molecule has 1 aromatic heterocycles. The van der Waals surface area contributed by atoms with Crippen molar-refractivity contribution in [2.45, 2.75) is 57.8 Å². The van der Waals surface area contributed by atoms with Crippen molar-refractivity contribution in [1.29, 1.82) is 0 Å².